The number of hydrogen-bond acceptors (Lipinski definition) is 6. The molecule has 3 aromatic rings. The molecule has 1 N–H and O–H groups in total. The topological polar surface area (TPSA) is 81.2 Å². The van der Waals surface area contributed by atoms with Gasteiger partial charge in [0.15, 0.2) is 0 Å². The Hall–Kier alpha value is -2.80. The largest absolute Gasteiger partial charge is 0.462 e. The Labute approximate surface area is 148 Å². The number of benzene rings is 1. The van der Waals surface area contributed by atoms with Crippen molar-refractivity contribution in [2.75, 3.05) is 11.9 Å². The minimum atomic E-state index is -0.446. The zero-order chi connectivity index (χ0) is 17.8. The van der Waals surface area contributed by atoms with Gasteiger partial charge in [0.2, 0.25) is 0 Å². The summed E-state index contributed by atoms with van der Waals surface area (Å²) in [5.74, 6) is -0.855. The van der Waals surface area contributed by atoms with Crippen LogP contribution < -0.4 is 5.32 Å². The van der Waals surface area contributed by atoms with Gasteiger partial charge in [0.1, 0.15) is 10.7 Å². The highest BCUT2D eigenvalue weighted by Crippen LogP contribution is 2.29. The molecule has 0 unspecified atom stereocenters. The number of aryl methyl sites for hydroxylation is 1. The number of hydrogen-bond donors (Lipinski definition) is 1. The minimum absolute atomic E-state index is 0.194. The maximum absolute atomic E-state index is 12.5. The quantitative estimate of drug-likeness (QED) is 0.706. The van der Waals surface area contributed by atoms with Gasteiger partial charge in [0.25, 0.3) is 5.91 Å². The Balaban J connectivity index is 1.88. The molecule has 0 aliphatic rings. The Morgan fingerprint density at radius 3 is 2.68 bits per heavy atom. The van der Waals surface area contributed by atoms with E-state index in [0.717, 1.165) is 16.8 Å². The number of thiophene rings is 1. The number of esters is 1. The third-order valence-electron chi connectivity index (χ3n) is 3.54. The number of rotatable bonds is 5. The fourth-order valence-electron chi connectivity index (χ4n) is 2.30. The molecule has 25 heavy (non-hydrogen) atoms. The third kappa shape index (κ3) is 3.66. The number of amides is 1. The fourth-order valence-corrected chi connectivity index (χ4v) is 3.28. The van der Waals surface area contributed by atoms with Crippen molar-refractivity contribution in [3.8, 4) is 0 Å². The minimum Gasteiger partial charge on any atom is -0.462 e. The first kappa shape index (κ1) is 17.0. The number of para-hydroxylation sites is 2. The van der Waals surface area contributed by atoms with Crippen LogP contribution in [0.25, 0.3) is 11.0 Å². The first-order chi connectivity index (χ1) is 12.1. The second-order valence-electron chi connectivity index (χ2n) is 5.23. The molecule has 0 radical (unpaired) electrons. The zero-order valence-electron chi connectivity index (χ0n) is 13.9. The Morgan fingerprint density at radius 2 is 1.96 bits per heavy atom. The predicted molar refractivity (Wildman–Crippen MR) is 97.1 cm³/mol. The average molecular weight is 355 g/mol. The molecule has 0 aliphatic carbocycles. The Bertz CT molecular complexity index is 936. The van der Waals surface area contributed by atoms with E-state index in [1.54, 1.807) is 19.1 Å². The van der Waals surface area contributed by atoms with E-state index in [1.807, 2.05) is 25.1 Å². The molecular weight excluding hydrogens is 338 g/mol. The van der Waals surface area contributed by atoms with Crippen molar-refractivity contribution in [3.05, 3.63) is 52.7 Å². The number of ether oxygens (including phenoxy) is 1. The Kier molecular flexibility index (Phi) is 5.04. The molecule has 0 atom stereocenters. The van der Waals surface area contributed by atoms with Crippen LogP contribution >= 0.6 is 11.3 Å². The molecule has 7 heteroatoms. The number of nitrogens with one attached hydrogen (secondary N) is 1. The number of carbonyl (C=O) groups excluding carboxylic acids is 2. The van der Waals surface area contributed by atoms with Crippen molar-refractivity contribution in [2.24, 2.45) is 0 Å². The molecule has 2 heterocycles. The Morgan fingerprint density at radius 1 is 1.20 bits per heavy atom. The van der Waals surface area contributed by atoms with Crippen molar-refractivity contribution in [2.45, 2.75) is 20.3 Å². The van der Waals surface area contributed by atoms with Gasteiger partial charge in [-0.25, -0.2) is 9.78 Å². The molecule has 6 nitrogen and oxygen atoms in total. The lowest BCUT2D eigenvalue weighted by molar-refractivity contribution is 0.0528. The summed E-state index contributed by atoms with van der Waals surface area (Å²) >= 11 is 1.36. The molecular formula is C18H17N3O3S. The number of anilines is 1. The molecule has 0 bridgehead atoms. The maximum Gasteiger partial charge on any atom is 0.341 e. The molecule has 2 aromatic heterocycles. The third-order valence-corrected chi connectivity index (χ3v) is 4.73. The van der Waals surface area contributed by atoms with Crippen molar-refractivity contribution >= 4 is 39.2 Å². The smallest absolute Gasteiger partial charge is 0.341 e. The fraction of sp³-hybridized carbons (Fsp3) is 0.222. The zero-order valence-corrected chi connectivity index (χ0v) is 14.7. The van der Waals surface area contributed by atoms with Gasteiger partial charge in [-0.3, -0.25) is 9.78 Å². The summed E-state index contributed by atoms with van der Waals surface area (Å²) in [5, 5.41) is 3.23. The second-order valence-corrected chi connectivity index (χ2v) is 6.36. The van der Waals surface area contributed by atoms with Gasteiger partial charge in [-0.15, -0.1) is 11.3 Å². The molecule has 0 saturated carbocycles. The molecule has 3 rings (SSSR count). The van der Waals surface area contributed by atoms with E-state index in [9.17, 15) is 9.59 Å². The van der Waals surface area contributed by atoms with Gasteiger partial charge in [-0.1, -0.05) is 19.1 Å². The van der Waals surface area contributed by atoms with Crippen LogP contribution in [-0.2, 0) is 11.2 Å². The lowest BCUT2D eigenvalue weighted by atomic mass is 10.2. The van der Waals surface area contributed by atoms with E-state index < -0.39 is 11.9 Å². The number of fused-ring (bicyclic) bond motifs is 1. The van der Waals surface area contributed by atoms with Gasteiger partial charge in [-0.05, 0) is 31.5 Å². The van der Waals surface area contributed by atoms with Gasteiger partial charge < -0.3 is 10.1 Å². The molecule has 0 spiro atoms. The van der Waals surface area contributed by atoms with Crippen LogP contribution in [0.15, 0.2) is 36.5 Å². The molecule has 1 aromatic carbocycles. The first-order valence-electron chi connectivity index (χ1n) is 7.95. The van der Waals surface area contributed by atoms with Crippen LogP contribution in [0.4, 0.5) is 5.00 Å². The highest BCUT2D eigenvalue weighted by molar-refractivity contribution is 7.16. The number of aromatic nitrogens is 2. The maximum atomic E-state index is 12.5. The molecule has 1 amide bonds. The molecule has 0 fully saturated rings. The van der Waals surface area contributed by atoms with Crippen LogP contribution in [-0.4, -0.2) is 28.5 Å². The van der Waals surface area contributed by atoms with Crippen LogP contribution in [0, 0.1) is 0 Å². The lowest BCUT2D eigenvalue weighted by Crippen LogP contribution is -2.16. The van der Waals surface area contributed by atoms with E-state index >= 15 is 0 Å². The number of nitrogens with zero attached hydrogens (tertiary/aromatic N) is 2. The van der Waals surface area contributed by atoms with Gasteiger partial charge in [0, 0.05) is 4.88 Å². The standard InChI is InChI=1S/C18H17N3O3S/c1-3-11-9-12(18(23)24-4-2)17(25-11)21-16(22)15-10-19-13-7-5-6-8-14(13)20-15/h5-10H,3-4H2,1-2H3,(H,21,22). The van der Waals surface area contributed by atoms with E-state index in [0.29, 0.717) is 16.1 Å². The van der Waals surface area contributed by atoms with Gasteiger partial charge in [0.05, 0.1) is 29.4 Å². The normalized spacial score (nSPS) is 10.6. The highest BCUT2D eigenvalue weighted by atomic mass is 32.1. The summed E-state index contributed by atoms with van der Waals surface area (Å²) < 4.78 is 5.06. The summed E-state index contributed by atoms with van der Waals surface area (Å²) in [7, 11) is 0. The van der Waals surface area contributed by atoms with E-state index in [1.165, 1.54) is 17.5 Å². The van der Waals surface area contributed by atoms with Gasteiger partial charge >= 0.3 is 5.97 Å². The summed E-state index contributed by atoms with van der Waals surface area (Å²) in [4.78, 5) is 34.2. The van der Waals surface area contributed by atoms with E-state index in [2.05, 4.69) is 15.3 Å². The average Bonchev–Trinajstić information content (AvgIpc) is 3.04. The molecule has 0 saturated heterocycles. The van der Waals surface area contributed by atoms with Crippen molar-refractivity contribution in [1.82, 2.24) is 9.97 Å². The van der Waals surface area contributed by atoms with Gasteiger partial charge in [-0.2, -0.15) is 0 Å². The lowest BCUT2D eigenvalue weighted by Gasteiger charge is -2.06. The summed E-state index contributed by atoms with van der Waals surface area (Å²) in [6.45, 7) is 4.01. The summed E-state index contributed by atoms with van der Waals surface area (Å²) in [6, 6.07) is 9.08. The number of carbonyl (C=O) groups is 2. The van der Waals surface area contributed by atoms with Crippen LogP contribution in [0.2, 0.25) is 0 Å². The van der Waals surface area contributed by atoms with Crippen LogP contribution in [0.1, 0.15) is 39.6 Å². The second kappa shape index (κ2) is 7.40. The molecule has 0 aliphatic heterocycles. The summed E-state index contributed by atoms with van der Waals surface area (Å²) in [5.41, 5.74) is 1.92. The van der Waals surface area contributed by atoms with Crippen molar-refractivity contribution < 1.29 is 14.3 Å². The van der Waals surface area contributed by atoms with Crippen molar-refractivity contribution in [3.63, 3.8) is 0 Å². The van der Waals surface area contributed by atoms with E-state index in [4.69, 9.17) is 4.74 Å². The molecule has 128 valence electrons. The SMILES string of the molecule is CCOC(=O)c1cc(CC)sc1NC(=O)c1cnc2ccccc2n1. The van der Waals surface area contributed by atoms with Crippen LogP contribution in [0.3, 0.4) is 0 Å². The van der Waals surface area contributed by atoms with Crippen molar-refractivity contribution in [1.29, 1.82) is 0 Å². The van der Waals surface area contributed by atoms with Crippen LogP contribution in [0.5, 0.6) is 0 Å². The first-order valence-corrected chi connectivity index (χ1v) is 8.77. The van der Waals surface area contributed by atoms with E-state index in [-0.39, 0.29) is 12.3 Å². The highest BCUT2D eigenvalue weighted by Gasteiger charge is 2.20. The monoisotopic (exact) mass is 355 g/mol. The summed E-state index contributed by atoms with van der Waals surface area (Å²) in [6.07, 6.45) is 2.19. The predicted octanol–water partition coefficient (Wildman–Crippen LogP) is 3.68.